The lowest BCUT2D eigenvalue weighted by Gasteiger charge is -2.24. The fourth-order valence-corrected chi connectivity index (χ4v) is 5.05. The zero-order chi connectivity index (χ0) is 22.4. The third-order valence-electron chi connectivity index (χ3n) is 5.48. The second-order valence-electron chi connectivity index (χ2n) is 7.86. The summed E-state index contributed by atoms with van der Waals surface area (Å²) in [4.78, 5) is 28.3. The molecule has 2 aromatic carbocycles. The topological polar surface area (TPSA) is 112 Å². The second kappa shape index (κ2) is 7.76. The molecule has 3 N–H and O–H groups in total. The largest absolute Gasteiger partial charge is 0.484 e. The molecule has 4 aromatic rings. The average molecular weight is 448 g/mol. The average Bonchev–Trinajstić information content (AvgIpc) is 3.32. The number of nitrogens with two attached hydrogens (primary N) is 1. The van der Waals surface area contributed by atoms with Crippen LogP contribution in [-0.4, -0.2) is 33.2 Å². The first-order chi connectivity index (χ1) is 15.4. The van der Waals surface area contributed by atoms with Crippen LogP contribution in [0.3, 0.4) is 0 Å². The van der Waals surface area contributed by atoms with E-state index in [1.165, 1.54) is 5.56 Å². The Hall–Kier alpha value is -3.72. The molecule has 0 saturated carbocycles. The molecule has 0 radical (unpaired) electrons. The highest BCUT2D eigenvalue weighted by Gasteiger charge is 2.33. The lowest BCUT2D eigenvalue weighted by atomic mass is 9.86. The molecule has 1 atom stereocenters. The van der Waals surface area contributed by atoms with Crippen molar-refractivity contribution in [1.82, 2.24) is 14.8 Å². The van der Waals surface area contributed by atoms with Gasteiger partial charge in [0.1, 0.15) is 11.6 Å². The highest BCUT2D eigenvalue weighted by molar-refractivity contribution is 7.20. The Balaban J connectivity index is 1.53. The van der Waals surface area contributed by atoms with Gasteiger partial charge in [-0.2, -0.15) is 9.78 Å². The van der Waals surface area contributed by atoms with Crippen LogP contribution < -0.4 is 15.8 Å². The maximum atomic E-state index is 12.6. The van der Waals surface area contributed by atoms with Gasteiger partial charge in [-0.3, -0.25) is 9.59 Å². The number of ether oxygens (including phenoxy) is 1. The fourth-order valence-electron chi connectivity index (χ4n) is 4.03. The summed E-state index contributed by atoms with van der Waals surface area (Å²) in [6.45, 7) is 3.82. The van der Waals surface area contributed by atoms with Gasteiger partial charge in [-0.05, 0) is 49.2 Å². The summed E-state index contributed by atoms with van der Waals surface area (Å²) in [5.41, 5.74) is 9.99. The number of hydrogen-bond donors (Lipinski definition) is 2. The molecule has 0 fully saturated rings. The summed E-state index contributed by atoms with van der Waals surface area (Å²) < 4.78 is 8.16. The normalized spacial score (nSPS) is 15.4. The van der Waals surface area contributed by atoms with E-state index in [1.54, 1.807) is 28.2 Å². The number of carbonyl (C=O) groups excluding carboxylic acids is 2. The molecule has 2 amide bonds. The van der Waals surface area contributed by atoms with Crippen LogP contribution >= 0.6 is 11.3 Å². The molecular formula is C23H21N5O3S. The van der Waals surface area contributed by atoms with Crippen molar-refractivity contribution in [3.63, 3.8) is 0 Å². The van der Waals surface area contributed by atoms with Crippen LogP contribution in [0.1, 0.15) is 34.7 Å². The van der Waals surface area contributed by atoms with E-state index in [1.807, 2.05) is 38.1 Å². The minimum absolute atomic E-state index is 0.0744. The van der Waals surface area contributed by atoms with Crippen molar-refractivity contribution in [2.45, 2.75) is 26.2 Å². The Morgan fingerprint density at radius 3 is 2.78 bits per heavy atom. The van der Waals surface area contributed by atoms with E-state index >= 15 is 0 Å². The maximum Gasteiger partial charge on any atom is 0.255 e. The number of nitrogens with one attached hydrogen (secondary N) is 1. The van der Waals surface area contributed by atoms with Gasteiger partial charge in [0, 0.05) is 17.9 Å². The number of hydrogen-bond acceptors (Lipinski definition) is 6. The number of anilines is 1. The van der Waals surface area contributed by atoms with Crippen LogP contribution in [0.5, 0.6) is 5.75 Å². The first kappa shape index (κ1) is 20.2. The molecular weight excluding hydrogens is 426 g/mol. The predicted octanol–water partition coefficient (Wildman–Crippen LogP) is 3.44. The van der Waals surface area contributed by atoms with Gasteiger partial charge in [-0.1, -0.05) is 29.5 Å². The van der Waals surface area contributed by atoms with Gasteiger partial charge in [0.2, 0.25) is 11.0 Å². The second-order valence-corrected chi connectivity index (χ2v) is 8.87. The number of carbonyl (C=O) groups is 2. The van der Waals surface area contributed by atoms with E-state index in [2.05, 4.69) is 11.4 Å². The SMILES string of the molecule is Cc1ccc2nc(-n3nc(C)c4c3NC(=O)C[C@H]4c3ccc(OCC(N)=O)cc3)sc2c1. The van der Waals surface area contributed by atoms with Crippen LogP contribution in [0.4, 0.5) is 5.82 Å². The number of amides is 2. The third-order valence-corrected chi connectivity index (χ3v) is 6.47. The molecule has 2 aromatic heterocycles. The number of rotatable bonds is 5. The summed E-state index contributed by atoms with van der Waals surface area (Å²) in [6.07, 6.45) is 0.320. The third kappa shape index (κ3) is 3.60. The number of benzene rings is 2. The lowest BCUT2D eigenvalue weighted by Crippen LogP contribution is -2.25. The molecule has 162 valence electrons. The molecule has 32 heavy (non-hydrogen) atoms. The first-order valence-electron chi connectivity index (χ1n) is 10.2. The fraction of sp³-hybridized carbons (Fsp3) is 0.217. The van der Waals surface area contributed by atoms with Gasteiger partial charge < -0.3 is 15.8 Å². The number of nitrogens with zero attached hydrogens (tertiary/aromatic N) is 3. The van der Waals surface area contributed by atoms with Crippen molar-refractivity contribution in [3.05, 3.63) is 64.8 Å². The van der Waals surface area contributed by atoms with Crippen LogP contribution in [-0.2, 0) is 9.59 Å². The number of primary amides is 1. The van der Waals surface area contributed by atoms with Crippen LogP contribution in [0, 0.1) is 13.8 Å². The van der Waals surface area contributed by atoms with Crippen LogP contribution in [0.2, 0.25) is 0 Å². The van der Waals surface area contributed by atoms with Gasteiger partial charge in [-0.15, -0.1) is 0 Å². The molecule has 1 aliphatic heterocycles. The Labute approximate surface area is 188 Å². The molecule has 0 saturated heterocycles. The summed E-state index contributed by atoms with van der Waals surface area (Å²) >= 11 is 1.54. The van der Waals surface area contributed by atoms with E-state index in [0.717, 1.165) is 27.0 Å². The van der Waals surface area contributed by atoms with Crippen LogP contribution in [0.25, 0.3) is 15.3 Å². The molecule has 0 bridgehead atoms. The van der Waals surface area contributed by atoms with E-state index in [0.29, 0.717) is 23.1 Å². The first-order valence-corrected chi connectivity index (χ1v) is 11.0. The molecule has 0 unspecified atom stereocenters. The van der Waals surface area contributed by atoms with Gasteiger partial charge >= 0.3 is 0 Å². The van der Waals surface area contributed by atoms with E-state index < -0.39 is 5.91 Å². The van der Waals surface area contributed by atoms with Crippen molar-refractivity contribution >= 4 is 39.2 Å². The van der Waals surface area contributed by atoms with E-state index in [9.17, 15) is 9.59 Å². The van der Waals surface area contributed by atoms with E-state index in [-0.39, 0.29) is 18.4 Å². The summed E-state index contributed by atoms with van der Waals surface area (Å²) in [7, 11) is 0. The van der Waals surface area contributed by atoms with E-state index in [4.69, 9.17) is 20.6 Å². The summed E-state index contributed by atoms with van der Waals surface area (Å²) in [5.74, 6) is 0.457. The minimum Gasteiger partial charge on any atom is -0.484 e. The zero-order valence-electron chi connectivity index (χ0n) is 17.6. The van der Waals surface area contributed by atoms with Gasteiger partial charge in [0.25, 0.3) is 5.91 Å². The minimum atomic E-state index is -0.532. The number of aromatic nitrogens is 3. The number of thiazole rings is 1. The van der Waals surface area contributed by atoms with Crippen molar-refractivity contribution in [3.8, 4) is 10.9 Å². The maximum absolute atomic E-state index is 12.6. The lowest BCUT2D eigenvalue weighted by molar-refractivity contribution is -0.120. The molecule has 0 aliphatic carbocycles. The van der Waals surface area contributed by atoms with Gasteiger partial charge in [-0.25, -0.2) is 4.98 Å². The quantitative estimate of drug-likeness (QED) is 0.487. The monoisotopic (exact) mass is 447 g/mol. The smallest absolute Gasteiger partial charge is 0.255 e. The van der Waals surface area contributed by atoms with Crippen molar-refractivity contribution in [1.29, 1.82) is 0 Å². The highest BCUT2D eigenvalue weighted by atomic mass is 32.1. The summed E-state index contributed by atoms with van der Waals surface area (Å²) in [5, 5.41) is 8.44. The number of fused-ring (bicyclic) bond motifs is 2. The van der Waals surface area contributed by atoms with Crippen molar-refractivity contribution in [2.75, 3.05) is 11.9 Å². The molecule has 3 heterocycles. The molecule has 5 rings (SSSR count). The zero-order valence-corrected chi connectivity index (χ0v) is 18.4. The van der Waals surface area contributed by atoms with Crippen molar-refractivity contribution in [2.24, 2.45) is 5.73 Å². The summed E-state index contributed by atoms with van der Waals surface area (Å²) in [6, 6.07) is 13.5. The standard InChI is InChI=1S/C23H21N5O3S/c1-12-3-8-17-18(9-12)32-23(25-17)28-22-21(13(2)27-28)16(10-20(30)26-22)14-4-6-15(7-5-14)31-11-19(24)29/h3-9,16H,10-11H2,1-2H3,(H2,24,29)(H,26,30)/t16-/m0/s1. The van der Waals surface area contributed by atoms with Crippen molar-refractivity contribution < 1.29 is 14.3 Å². The molecule has 8 nitrogen and oxygen atoms in total. The Morgan fingerprint density at radius 2 is 2.03 bits per heavy atom. The Bertz CT molecular complexity index is 1360. The van der Waals surface area contributed by atoms with Gasteiger partial charge in [0.05, 0.1) is 15.9 Å². The highest BCUT2D eigenvalue weighted by Crippen LogP contribution is 2.41. The molecule has 0 spiro atoms. The Morgan fingerprint density at radius 1 is 1.25 bits per heavy atom. The number of aryl methyl sites for hydroxylation is 2. The van der Waals surface area contributed by atoms with Gasteiger partial charge in [0.15, 0.2) is 6.61 Å². The molecule has 1 aliphatic rings. The predicted molar refractivity (Wildman–Crippen MR) is 122 cm³/mol. The van der Waals surface area contributed by atoms with Crippen LogP contribution in [0.15, 0.2) is 42.5 Å². The molecule has 9 heteroatoms. The Kier molecular flexibility index (Phi) is 4.90.